The molecule has 0 saturated carbocycles. The molecule has 1 aliphatic carbocycles. The maximum Gasteiger partial charge on any atom is 0.257 e. The minimum absolute atomic E-state index is 0.00207. The smallest absolute Gasteiger partial charge is 0.257 e. The SMILES string of the molecule is Cc1ccc(CNC(=O)[C@H]2CCCc3sc(NC(=O)c4ccccc4)nc32)cc1. The summed E-state index contributed by atoms with van der Waals surface area (Å²) in [5.41, 5.74) is 3.68. The standard InChI is InChI=1S/C23H23N3O2S/c1-15-10-12-16(13-11-15)14-24-22(28)18-8-5-9-19-20(18)25-23(29-19)26-21(27)17-6-3-2-4-7-17/h2-4,6-7,10-13,18H,5,8-9,14H2,1H3,(H,24,28)(H,25,26,27)/t18-/m0/s1. The fourth-order valence-corrected chi connectivity index (χ4v) is 4.56. The highest BCUT2D eigenvalue weighted by molar-refractivity contribution is 7.16. The Kier molecular flexibility index (Phi) is 5.71. The maximum atomic E-state index is 12.8. The minimum Gasteiger partial charge on any atom is -0.351 e. The van der Waals surface area contributed by atoms with Gasteiger partial charge in [-0.3, -0.25) is 14.9 Å². The second-order valence-corrected chi connectivity index (χ2v) is 8.38. The molecule has 0 aliphatic heterocycles. The molecule has 0 unspecified atom stereocenters. The van der Waals surface area contributed by atoms with Crippen molar-refractivity contribution in [2.45, 2.75) is 38.6 Å². The summed E-state index contributed by atoms with van der Waals surface area (Å²) in [7, 11) is 0. The highest BCUT2D eigenvalue weighted by Gasteiger charge is 2.30. The summed E-state index contributed by atoms with van der Waals surface area (Å²) in [6, 6.07) is 17.2. The molecule has 3 aromatic rings. The zero-order valence-electron chi connectivity index (χ0n) is 16.3. The van der Waals surface area contributed by atoms with E-state index in [0.717, 1.165) is 35.4 Å². The van der Waals surface area contributed by atoms with E-state index in [1.807, 2.05) is 49.4 Å². The topological polar surface area (TPSA) is 71.1 Å². The van der Waals surface area contributed by atoms with Crippen LogP contribution in [0.1, 0.15) is 50.8 Å². The summed E-state index contributed by atoms with van der Waals surface area (Å²) in [6.07, 6.45) is 2.63. The first-order chi connectivity index (χ1) is 14.1. The number of nitrogens with one attached hydrogen (secondary N) is 2. The lowest BCUT2D eigenvalue weighted by atomic mass is 9.90. The van der Waals surface area contributed by atoms with Gasteiger partial charge in [-0.15, -0.1) is 11.3 Å². The number of nitrogens with zero attached hydrogens (tertiary/aromatic N) is 1. The molecule has 2 aromatic carbocycles. The molecule has 1 heterocycles. The highest BCUT2D eigenvalue weighted by Crippen LogP contribution is 2.37. The predicted octanol–water partition coefficient (Wildman–Crippen LogP) is 4.44. The van der Waals surface area contributed by atoms with Gasteiger partial charge in [0.25, 0.3) is 5.91 Å². The number of hydrogen-bond donors (Lipinski definition) is 2. The highest BCUT2D eigenvalue weighted by atomic mass is 32.1. The first-order valence-corrected chi connectivity index (χ1v) is 10.6. The second-order valence-electron chi connectivity index (χ2n) is 7.30. The summed E-state index contributed by atoms with van der Waals surface area (Å²) in [6.45, 7) is 2.55. The molecule has 0 saturated heterocycles. The Morgan fingerprint density at radius 2 is 1.86 bits per heavy atom. The van der Waals surface area contributed by atoms with Gasteiger partial charge in [0.05, 0.1) is 11.6 Å². The van der Waals surface area contributed by atoms with Gasteiger partial charge in [-0.25, -0.2) is 4.98 Å². The van der Waals surface area contributed by atoms with E-state index in [1.54, 1.807) is 12.1 Å². The Labute approximate surface area is 174 Å². The summed E-state index contributed by atoms with van der Waals surface area (Å²) >= 11 is 1.47. The Morgan fingerprint density at radius 1 is 1.10 bits per heavy atom. The van der Waals surface area contributed by atoms with E-state index < -0.39 is 0 Å². The van der Waals surface area contributed by atoms with E-state index in [2.05, 4.69) is 15.6 Å². The lowest BCUT2D eigenvalue weighted by molar-refractivity contribution is -0.123. The van der Waals surface area contributed by atoms with Crippen LogP contribution in [0.4, 0.5) is 5.13 Å². The van der Waals surface area contributed by atoms with Crippen molar-refractivity contribution in [2.75, 3.05) is 5.32 Å². The van der Waals surface area contributed by atoms with Crippen LogP contribution in [-0.2, 0) is 17.8 Å². The monoisotopic (exact) mass is 405 g/mol. The van der Waals surface area contributed by atoms with Crippen LogP contribution >= 0.6 is 11.3 Å². The first kappa shape index (κ1) is 19.3. The number of thiazole rings is 1. The molecule has 148 valence electrons. The lowest BCUT2D eigenvalue weighted by Gasteiger charge is -2.20. The predicted molar refractivity (Wildman–Crippen MR) is 115 cm³/mol. The van der Waals surface area contributed by atoms with Gasteiger partial charge >= 0.3 is 0 Å². The number of hydrogen-bond acceptors (Lipinski definition) is 4. The Balaban J connectivity index is 1.44. The lowest BCUT2D eigenvalue weighted by Crippen LogP contribution is -2.31. The van der Waals surface area contributed by atoms with Crippen LogP contribution in [0.15, 0.2) is 54.6 Å². The van der Waals surface area contributed by atoms with Crippen LogP contribution in [-0.4, -0.2) is 16.8 Å². The quantitative estimate of drug-likeness (QED) is 0.659. The van der Waals surface area contributed by atoms with Gasteiger partial charge < -0.3 is 5.32 Å². The van der Waals surface area contributed by atoms with Crippen LogP contribution in [0.25, 0.3) is 0 Å². The molecule has 1 aliphatic rings. The van der Waals surface area contributed by atoms with E-state index in [4.69, 9.17) is 0 Å². The zero-order chi connectivity index (χ0) is 20.2. The summed E-state index contributed by atoms with van der Waals surface area (Å²) in [4.78, 5) is 30.9. The van der Waals surface area contributed by atoms with Crippen molar-refractivity contribution in [3.63, 3.8) is 0 Å². The molecule has 2 N–H and O–H groups in total. The number of amides is 2. The van der Waals surface area contributed by atoms with Crippen molar-refractivity contribution in [1.82, 2.24) is 10.3 Å². The van der Waals surface area contributed by atoms with Crippen LogP contribution in [0.5, 0.6) is 0 Å². The number of aromatic nitrogens is 1. The largest absolute Gasteiger partial charge is 0.351 e. The van der Waals surface area contributed by atoms with Crippen LogP contribution < -0.4 is 10.6 Å². The minimum atomic E-state index is -0.261. The molecule has 1 atom stereocenters. The number of anilines is 1. The Morgan fingerprint density at radius 3 is 2.62 bits per heavy atom. The third-order valence-corrected chi connectivity index (χ3v) is 6.16. The summed E-state index contributed by atoms with van der Waals surface area (Å²) < 4.78 is 0. The van der Waals surface area contributed by atoms with E-state index in [9.17, 15) is 9.59 Å². The molecule has 6 heteroatoms. The fraction of sp³-hybridized carbons (Fsp3) is 0.261. The van der Waals surface area contributed by atoms with Gasteiger partial charge in [0, 0.05) is 17.0 Å². The second kappa shape index (κ2) is 8.57. The maximum absolute atomic E-state index is 12.8. The number of carbonyl (C=O) groups is 2. The molecular formula is C23H23N3O2S. The van der Waals surface area contributed by atoms with Crippen molar-refractivity contribution in [3.05, 3.63) is 81.9 Å². The molecule has 0 radical (unpaired) electrons. The number of benzene rings is 2. The van der Waals surface area contributed by atoms with Crippen molar-refractivity contribution in [1.29, 1.82) is 0 Å². The molecule has 0 fully saturated rings. The number of carbonyl (C=O) groups excluding carboxylic acids is 2. The van der Waals surface area contributed by atoms with Gasteiger partial charge in [0.15, 0.2) is 5.13 Å². The van der Waals surface area contributed by atoms with E-state index >= 15 is 0 Å². The van der Waals surface area contributed by atoms with E-state index in [1.165, 1.54) is 16.9 Å². The van der Waals surface area contributed by atoms with Gasteiger partial charge in [0.2, 0.25) is 5.91 Å². The molecule has 0 spiro atoms. The van der Waals surface area contributed by atoms with Crippen LogP contribution in [0.2, 0.25) is 0 Å². The zero-order valence-corrected chi connectivity index (χ0v) is 17.1. The molecule has 4 rings (SSSR count). The number of rotatable bonds is 5. The normalized spacial score (nSPS) is 15.4. The van der Waals surface area contributed by atoms with Gasteiger partial charge in [-0.1, -0.05) is 48.0 Å². The van der Waals surface area contributed by atoms with E-state index in [0.29, 0.717) is 17.2 Å². The fourth-order valence-electron chi connectivity index (χ4n) is 3.50. The molecule has 2 amide bonds. The average molecular weight is 406 g/mol. The van der Waals surface area contributed by atoms with Crippen molar-refractivity contribution >= 4 is 28.3 Å². The van der Waals surface area contributed by atoms with Crippen molar-refractivity contribution in [2.24, 2.45) is 0 Å². The molecular weight excluding hydrogens is 382 g/mol. The molecule has 1 aromatic heterocycles. The average Bonchev–Trinajstić information content (AvgIpc) is 3.16. The number of fused-ring (bicyclic) bond motifs is 1. The first-order valence-electron chi connectivity index (χ1n) is 9.79. The Bertz CT molecular complexity index is 1010. The summed E-state index contributed by atoms with van der Waals surface area (Å²) in [5, 5.41) is 6.48. The number of aryl methyl sites for hydroxylation is 2. The third-order valence-electron chi connectivity index (χ3n) is 5.11. The van der Waals surface area contributed by atoms with Crippen molar-refractivity contribution in [3.8, 4) is 0 Å². The van der Waals surface area contributed by atoms with Gasteiger partial charge in [-0.05, 0) is 43.9 Å². The Hall–Kier alpha value is -2.99. The van der Waals surface area contributed by atoms with E-state index in [-0.39, 0.29) is 17.7 Å². The summed E-state index contributed by atoms with van der Waals surface area (Å²) in [5.74, 6) is -0.447. The van der Waals surface area contributed by atoms with Crippen LogP contribution in [0.3, 0.4) is 0 Å². The van der Waals surface area contributed by atoms with Crippen LogP contribution in [0, 0.1) is 6.92 Å². The van der Waals surface area contributed by atoms with Gasteiger partial charge in [0.1, 0.15) is 0 Å². The third kappa shape index (κ3) is 4.54. The molecule has 29 heavy (non-hydrogen) atoms. The van der Waals surface area contributed by atoms with Gasteiger partial charge in [-0.2, -0.15) is 0 Å². The molecule has 0 bridgehead atoms. The molecule has 5 nitrogen and oxygen atoms in total. The van der Waals surface area contributed by atoms with Crippen molar-refractivity contribution < 1.29 is 9.59 Å².